The van der Waals surface area contributed by atoms with Crippen LogP contribution < -0.4 is 5.32 Å². The van der Waals surface area contributed by atoms with E-state index in [-0.39, 0.29) is 0 Å². The van der Waals surface area contributed by atoms with Gasteiger partial charge in [-0.3, -0.25) is 0 Å². The van der Waals surface area contributed by atoms with Crippen LogP contribution in [0.4, 0.5) is 0 Å². The number of thioether (sulfide) groups is 1. The highest BCUT2D eigenvalue weighted by Crippen LogP contribution is 2.30. The highest BCUT2D eigenvalue weighted by Gasteiger charge is 2.20. The Kier molecular flexibility index (Phi) is 4.99. The van der Waals surface area contributed by atoms with Crippen molar-refractivity contribution in [2.45, 2.75) is 45.2 Å². The van der Waals surface area contributed by atoms with Gasteiger partial charge in [-0.25, -0.2) is 0 Å². The van der Waals surface area contributed by atoms with Crippen LogP contribution in [0.2, 0.25) is 0 Å². The lowest BCUT2D eigenvalue weighted by Crippen LogP contribution is -2.23. The van der Waals surface area contributed by atoms with Crippen molar-refractivity contribution in [3.63, 3.8) is 0 Å². The van der Waals surface area contributed by atoms with Gasteiger partial charge in [0.2, 0.25) is 0 Å². The molecular formula is C14H24N2S. The smallest absolute Gasteiger partial charge is 0.0338 e. The normalized spacial score (nSPS) is 19.3. The zero-order valence-corrected chi connectivity index (χ0v) is 11.9. The number of hydrogen-bond donors (Lipinski definition) is 1. The third-order valence-corrected chi connectivity index (χ3v) is 4.22. The first-order valence-electron chi connectivity index (χ1n) is 6.76. The first-order chi connectivity index (χ1) is 8.35. The molecule has 1 aliphatic carbocycles. The van der Waals surface area contributed by atoms with Gasteiger partial charge >= 0.3 is 0 Å². The number of nitrogens with one attached hydrogen (secondary N) is 1. The largest absolute Gasteiger partial charge is 0.354 e. The zero-order chi connectivity index (χ0) is 12.1. The minimum atomic E-state index is 0.602. The molecule has 1 aromatic heterocycles. The van der Waals surface area contributed by atoms with Gasteiger partial charge in [0.05, 0.1) is 0 Å². The van der Waals surface area contributed by atoms with Gasteiger partial charge in [-0.15, -0.1) is 0 Å². The van der Waals surface area contributed by atoms with Gasteiger partial charge in [0.1, 0.15) is 0 Å². The van der Waals surface area contributed by atoms with E-state index in [1.165, 1.54) is 38.0 Å². The summed E-state index contributed by atoms with van der Waals surface area (Å²) in [6.07, 6.45) is 12.1. The quantitative estimate of drug-likeness (QED) is 0.783. The standard InChI is InChI=1S/C14H24N2S/c1-3-15-14-7-4-6-12-10-16(11-13(12)14)8-5-9-17-2/h10-11,14-15H,3-9H2,1-2H3. The lowest BCUT2D eigenvalue weighted by atomic mass is 9.91. The Bertz CT molecular complexity index is 346. The summed E-state index contributed by atoms with van der Waals surface area (Å²) in [6, 6.07) is 0.602. The minimum absolute atomic E-state index is 0.602. The van der Waals surface area contributed by atoms with Crippen molar-refractivity contribution in [1.29, 1.82) is 0 Å². The SMILES string of the molecule is CCNC1CCCc2cn(CCCSC)cc21. The number of nitrogens with zero attached hydrogens (tertiary/aromatic N) is 1. The van der Waals surface area contributed by atoms with E-state index in [1.807, 2.05) is 11.8 Å². The van der Waals surface area contributed by atoms with Crippen LogP contribution in [0.1, 0.15) is 43.4 Å². The van der Waals surface area contributed by atoms with E-state index in [4.69, 9.17) is 0 Å². The van der Waals surface area contributed by atoms with Crippen LogP contribution in [0.5, 0.6) is 0 Å². The van der Waals surface area contributed by atoms with Crippen LogP contribution in [0.25, 0.3) is 0 Å². The molecule has 0 aliphatic heterocycles. The molecule has 0 fully saturated rings. The number of hydrogen-bond acceptors (Lipinski definition) is 2. The Balaban J connectivity index is 2.02. The second-order valence-electron chi connectivity index (χ2n) is 4.83. The minimum Gasteiger partial charge on any atom is -0.354 e. The maximum absolute atomic E-state index is 3.60. The second-order valence-corrected chi connectivity index (χ2v) is 5.81. The molecule has 1 heterocycles. The Labute approximate surface area is 109 Å². The van der Waals surface area contributed by atoms with Gasteiger partial charge in [0.15, 0.2) is 0 Å². The second kappa shape index (κ2) is 6.50. The topological polar surface area (TPSA) is 17.0 Å². The maximum atomic E-state index is 3.60. The Morgan fingerprint density at radius 3 is 3.12 bits per heavy atom. The summed E-state index contributed by atoms with van der Waals surface area (Å²) in [4.78, 5) is 0. The Morgan fingerprint density at radius 1 is 1.47 bits per heavy atom. The van der Waals surface area contributed by atoms with E-state index >= 15 is 0 Å². The van der Waals surface area contributed by atoms with Gasteiger partial charge < -0.3 is 9.88 Å². The summed E-state index contributed by atoms with van der Waals surface area (Å²) in [5.41, 5.74) is 3.13. The van der Waals surface area contributed by atoms with Gasteiger partial charge in [-0.2, -0.15) is 11.8 Å². The predicted molar refractivity (Wildman–Crippen MR) is 76.8 cm³/mol. The Hall–Kier alpha value is -0.410. The fourth-order valence-corrected chi connectivity index (χ4v) is 3.15. The summed E-state index contributed by atoms with van der Waals surface area (Å²) in [6.45, 7) is 4.44. The fraction of sp³-hybridized carbons (Fsp3) is 0.714. The van der Waals surface area contributed by atoms with Crippen molar-refractivity contribution in [3.8, 4) is 0 Å². The molecule has 0 aromatic carbocycles. The highest BCUT2D eigenvalue weighted by molar-refractivity contribution is 7.98. The van der Waals surface area contributed by atoms with Crippen molar-refractivity contribution < 1.29 is 0 Å². The number of aromatic nitrogens is 1. The molecule has 0 bridgehead atoms. The van der Waals surface area contributed by atoms with E-state index in [2.05, 4.69) is 35.5 Å². The average molecular weight is 252 g/mol. The predicted octanol–water partition coefficient (Wildman–Crippen LogP) is 3.23. The van der Waals surface area contributed by atoms with E-state index in [0.29, 0.717) is 6.04 Å². The van der Waals surface area contributed by atoms with Crippen LogP contribution in [0.3, 0.4) is 0 Å². The van der Waals surface area contributed by atoms with E-state index in [9.17, 15) is 0 Å². The summed E-state index contributed by atoms with van der Waals surface area (Å²) in [7, 11) is 0. The van der Waals surface area contributed by atoms with E-state index < -0.39 is 0 Å². The lowest BCUT2D eigenvalue weighted by Gasteiger charge is -2.22. The summed E-state index contributed by atoms with van der Waals surface area (Å²) >= 11 is 1.94. The maximum Gasteiger partial charge on any atom is 0.0338 e. The molecule has 2 nitrogen and oxygen atoms in total. The molecule has 0 radical (unpaired) electrons. The molecule has 96 valence electrons. The number of rotatable bonds is 6. The van der Waals surface area contributed by atoms with Gasteiger partial charge in [0, 0.05) is 25.0 Å². The van der Waals surface area contributed by atoms with Gasteiger partial charge in [-0.1, -0.05) is 6.92 Å². The molecule has 2 rings (SSSR count). The average Bonchev–Trinajstić information content (AvgIpc) is 2.74. The summed E-state index contributed by atoms with van der Waals surface area (Å²) < 4.78 is 2.40. The van der Waals surface area contributed by atoms with Crippen LogP contribution >= 0.6 is 11.8 Å². The molecule has 0 saturated heterocycles. The first kappa shape index (κ1) is 13.0. The van der Waals surface area contributed by atoms with Crippen molar-refractivity contribution in [2.24, 2.45) is 0 Å². The van der Waals surface area contributed by atoms with Gasteiger partial charge in [0.25, 0.3) is 0 Å². The summed E-state index contributed by atoms with van der Waals surface area (Å²) in [5, 5.41) is 3.60. The highest BCUT2D eigenvalue weighted by atomic mass is 32.2. The van der Waals surface area contributed by atoms with Crippen molar-refractivity contribution in [3.05, 3.63) is 23.5 Å². The number of fused-ring (bicyclic) bond motifs is 1. The zero-order valence-electron chi connectivity index (χ0n) is 11.0. The summed E-state index contributed by atoms with van der Waals surface area (Å²) in [5.74, 6) is 1.26. The molecule has 0 saturated carbocycles. The first-order valence-corrected chi connectivity index (χ1v) is 8.15. The molecule has 1 atom stereocenters. The molecule has 1 aromatic rings. The van der Waals surface area contributed by atoms with E-state index in [1.54, 1.807) is 11.1 Å². The third-order valence-electron chi connectivity index (χ3n) is 3.53. The molecule has 3 heteroatoms. The van der Waals surface area contributed by atoms with Crippen molar-refractivity contribution in [2.75, 3.05) is 18.6 Å². The van der Waals surface area contributed by atoms with Crippen molar-refractivity contribution in [1.82, 2.24) is 9.88 Å². The lowest BCUT2D eigenvalue weighted by molar-refractivity contribution is 0.473. The molecule has 17 heavy (non-hydrogen) atoms. The number of aryl methyl sites for hydroxylation is 2. The van der Waals surface area contributed by atoms with Crippen LogP contribution in [-0.4, -0.2) is 23.1 Å². The molecule has 0 spiro atoms. The van der Waals surface area contributed by atoms with E-state index in [0.717, 1.165) is 6.54 Å². The molecule has 1 aliphatic rings. The molecule has 0 amide bonds. The van der Waals surface area contributed by atoms with Crippen LogP contribution in [0, 0.1) is 0 Å². The monoisotopic (exact) mass is 252 g/mol. The molecule has 1 unspecified atom stereocenters. The third kappa shape index (κ3) is 3.29. The Morgan fingerprint density at radius 2 is 2.35 bits per heavy atom. The van der Waals surface area contributed by atoms with Crippen molar-refractivity contribution >= 4 is 11.8 Å². The van der Waals surface area contributed by atoms with Crippen LogP contribution in [0.15, 0.2) is 12.4 Å². The fourth-order valence-electron chi connectivity index (χ4n) is 2.73. The van der Waals surface area contributed by atoms with Gasteiger partial charge in [-0.05, 0) is 55.4 Å². The van der Waals surface area contributed by atoms with Crippen LogP contribution in [-0.2, 0) is 13.0 Å². The molecule has 1 N–H and O–H groups in total. The molecular weight excluding hydrogens is 228 g/mol.